The molecular formula is C28H36Cl3N3O5S. The topological polar surface area (TPSA) is 96.0 Å². The Morgan fingerprint density at radius 1 is 1.05 bits per heavy atom. The van der Waals surface area contributed by atoms with Gasteiger partial charge in [-0.05, 0) is 56.5 Å². The van der Waals surface area contributed by atoms with Crippen LogP contribution in [0.4, 0.5) is 5.69 Å². The SMILES string of the molecule is COc1ccc(N(CCCC(=O)N(Cc2c(Cl)cccc2Cl)[C@@H](C)C(=O)NC2CCCCC2)S(C)(=O)=O)cc1Cl. The molecule has 0 saturated heterocycles. The van der Waals surface area contributed by atoms with Crippen molar-refractivity contribution in [3.8, 4) is 5.75 Å². The number of nitrogens with zero attached hydrogens (tertiary/aromatic N) is 2. The predicted octanol–water partition coefficient (Wildman–Crippen LogP) is 6.07. The number of nitrogens with one attached hydrogen (secondary N) is 1. The summed E-state index contributed by atoms with van der Waals surface area (Å²) >= 11 is 19.0. The highest BCUT2D eigenvalue weighted by Gasteiger charge is 2.29. The Balaban J connectivity index is 1.77. The van der Waals surface area contributed by atoms with Gasteiger partial charge in [-0.3, -0.25) is 13.9 Å². The second-order valence-electron chi connectivity index (χ2n) is 10.00. The van der Waals surface area contributed by atoms with Gasteiger partial charge in [0.1, 0.15) is 11.8 Å². The molecule has 0 bridgehead atoms. The Morgan fingerprint density at radius 2 is 1.70 bits per heavy atom. The van der Waals surface area contributed by atoms with Gasteiger partial charge in [-0.1, -0.05) is 60.1 Å². The molecule has 2 aromatic rings. The first-order valence-electron chi connectivity index (χ1n) is 13.3. The molecule has 1 saturated carbocycles. The molecule has 1 aliphatic rings. The lowest BCUT2D eigenvalue weighted by Crippen LogP contribution is -2.50. The maximum absolute atomic E-state index is 13.6. The number of ether oxygens (including phenoxy) is 1. The van der Waals surface area contributed by atoms with E-state index in [0.29, 0.717) is 27.0 Å². The van der Waals surface area contributed by atoms with Crippen molar-refractivity contribution in [1.82, 2.24) is 10.2 Å². The summed E-state index contributed by atoms with van der Waals surface area (Å²) in [5, 5.41) is 4.15. The van der Waals surface area contributed by atoms with Crippen LogP contribution in [0.3, 0.4) is 0 Å². The van der Waals surface area contributed by atoms with Crippen LogP contribution in [-0.2, 0) is 26.2 Å². The van der Waals surface area contributed by atoms with Crippen molar-refractivity contribution < 1.29 is 22.7 Å². The Labute approximate surface area is 251 Å². The van der Waals surface area contributed by atoms with E-state index < -0.39 is 16.1 Å². The molecule has 8 nitrogen and oxygen atoms in total. The minimum atomic E-state index is -3.67. The maximum Gasteiger partial charge on any atom is 0.242 e. The van der Waals surface area contributed by atoms with Crippen LogP contribution in [0, 0.1) is 0 Å². The Hall–Kier alpha value is -2.20. The van der Waals surface area contributed by atoms with E-state index >= 15 is 0 Å². The highest BCUT2D eigenvalue weighted by Crippen LogP contribution is 2.31. The molecule has 40 heavy (non-hydrogen) atoms. The third-order valence-electron chi connectivity index (χ3n) is 7.08. The largest absolute Gasteiger partial charge is 0.495 e. The number of halogens is 3. The van der Waals surface area contributed by atoms with E-state index in [4.69, 9.17) is 39.5 Å². The fourth-order valence-corrected chi connectivity index (χ4v) is 6.55. The summed E-state index contributed by atoms with van der Waals surface area (Å²) in [5.41, 5.74) is 0.905. The average Bonchev–Trinajstić information content (AvgIpc) is 2.90. The molecule has 0 aliphatic heterocycles. The lowest BCUT2D eigenvalue weighted by atomic mass is 9.95. The molecule has 0 aromatic heterocycles. The van der Waals surface area contributed by atoms with Gasteiger partial charge in [0.2, 0.25) is 21.8 Å². The molecule has 0 spiro atoms. The van der Waals surface area contributed by atoms with Crippen LogP contribution in [0.2, 0.25) is 15.1 Å². The fraction of sp³-hybridized carbons (Fsp3) is 0.500. The molecule has 1 fully saturated rings. The van der Waals surface area contributed by atoms with Crippen molar-refractivity contribution in [2.75, 3.05) is 24.2 Å². The third kappa shape index (κ3) is 8.65. The first kappa shape index (κ1) is 32.3. The number of anilines is 1. The van der Waals surface area contributed by atoms with E-state index in [-0.39, 0.29) is 48.8 Å². The molecule has 12 heteroatoms. The van der Waals surface area contributed by atoms with E-state index in [2.05, 4.69) is 5.32 Å². The van der Waals surface area contributed by atoms with Gasteiger partial charge >= 0.3 is 0 Å². The van der Waals surface area contributed by atoms with Crippen LogP contribution in [-0.4, -0.2) is 57.1 Å². The molecule has 2 amide bonds. The summed E-state index contributed by atoms with van der Waals surface area (Å²) in [7, 11) is -2.20. The molecule has 0 radical (unpaired) electrons. The summed E-state index contributed by atoms with van der Waals surface area (Å²) in [6, 6.07) is 9.07. The van der Waals surface area contributed by atoms with E-state index in [1.54, 1.807) is 37.3 Å². The second kappa shape index (κ2) is 14.6. The Bertz CT molecular complexity index is 1280. The molecule has 2 aromatic carbocycles. The van der Waals surface area contributed by atoms with E-state index in [0.717, 1.165) is 38.4 Å². The molecule has 3 rings (SSSR count). The number of benzene rings is 2. The molecule has 0 unspecified atom stereocenters. The van der Waals surface area contributed by atoms with Crippen molar-refractivity contribution in [2.45, 2.75) is 70.5 Å². The summed E-state index contributed by atoms with van der Waals surface area (Å²) in [5.74, 6) is -0.138. The average molecular weight is 633 g/mol. The third-order valence-corrected chi connectivity index (χ3v) is 9.28. The van der Waals surface area contributed by atoms with Crippen LogP contribution >= 0.6 is 34.8 Å². The van der Waals surface area contributed by atoms with Gasteiger partial charge in [0, 0.05) is 41.2 Å². The smallest absolute Gasteiger partial charge is 0.242 e. The van der Waals surface area contributed by atoms with Gasteiger partial charge in [0.05, 0.1) is 24.1 Å². The number of rotatable bonds is 12. The van der Waals surface area contributed by atoms with Gasteiger partial charge in [-0.25, -0.2) is 8.42 Å². The number of sulfonamides is 1. The molecule has 1 N–H and O–H groups in total. The lowest BCUT2D eigenvalue weighted by Gasteiger charge is -2.32. The van der Waals surface area contributed by atoms with Crippen molar-refractivity contribution in [1.29, 1.82) is 0 Å². The first-order valence-corrected chi connectivity index (χ1v) is 16.2. The van der Waals surface area contributed by atoms with E-state index in [1.165, 1.54) is 22.4 Å². The number of carbonyl (C=O) groups excluding carboxylic acids is 2. The fourth-order valence-electron chi connectivity index (χ4n) is 4.82. The minimum Gasteiger partial charge on any atom is -0.495 e. The summed E-state index contributed by atoms with van der Waals surface area (Å²) in [6.07, 6.45) is 6.42. The quantitative estimate of drug-likeness (QED) is 0.307. The van der Waals surface area contributed by atoms with Gasteiger partial charge < -0.3 is 15.0 Å². The Kier molecular flexibility index (Phi) is 11.8. The van der Waals surface area contributed by atoms with Crippen LogP contribution in [0.15, 0.2) is 36.4 Å². The van der Waals surface area contributed by atoms with Crippen molar-refractivity contribution in [3.05, 3.63) is 57.0 Å². The summed E-state index contributed by atoms with van der Waals surface area (Å²) in [6.45, 7) is 1.76. The highest BCUT2D eigenvalue weighted by atomic mass is 35.5. The van der Waals surface area contributed by atoms with Crippen molar-refractivity contribution in [3.63, 3.8) is 0 Å². The second-order valence-corrected chi connectivity index (χ2v) is 13.1. The van der Waals surface area contributed by atoms with Gasteiger partial charge in [-0.15, -0.1) is 0 Å². The van der Waals surface area contributed by atoms with Gasteiger partial charge in [0.15, 0.2) is 0 Å². The summed E-state index contributed by atoms with van der Waals surface area (Å²) < 4.78 is 31.5. The zero-order valence-corrected chi connectivity index (χ0v) is 26.0. The maximum atomic E-state index is 13.6. The zero-order chi connectivity index (χ0) is 29.4. The van der Waals surface area contributed by atoms with E-state index in [9.17, 15) is 18.0 Å². The minimum absolute atomic E-state index is 0.000965. The van der Waals surface area contributed by atoms with Gasteiger partial charge in [-0.2, -0.15) is 0 Å². The standard InChI is InChI=1S/C28H36Cl3N3O5S/c1-19(28(36)32-20-9-5-4-6-10-20)33(18-22-23(29)11-7-12-24(22)30)27(35)13-8-16-34(40(3,37)38)21-14-15-26(39-2)25(31)17-21/h7,11-12,14-15,17,19-20H,4-6,8-10,13,16,18H2,1-3H3,(H,32,36)/t19-/m0/s1. The molecule has 0 heterocycles. The van der Waals surface area contributed by atoms with Crippen LogP contribution in [0.5, 0.6) is 5.75 Å². The van der Waals surface area contributed by atoms with Gasteiger partial charge in [0.25, 0.3) is 0 Å². The first-order chi connectivity index (χ1) is 18.9. The van der Waals surface area contributed by atoms with Crippen molar-refractivity contribution in [2.24, 2.45) is 0 Å². The highest BCUT2D eigenvalue weighted by molar-refractivity contribution is 7.92. The predicted molar refractivity (Wildman–Crippen MR) is 161 cm³/mol. The number of hydrogen-bond acceptors (Lipinski definition) is 5. The monoisotopic (exact) mass is 631 g/mol. The Morgan fingerprint density at radius 3 is 2.27 bits per heavy atom. The molecule has 1 atom stereocenters. The number of hydrogen-bond donors (Lipinski definition) is 1. The van der Waals surface area contributed by atoms with E-state index in [1.807, 2.05) is 0 Å². The zero-order valence-electron chi connectivity index (χ0n) is 23.0. The molecule has 220 valence electrons. The number of carbonyl (C=O) groups is 2. The molecule has 1 aliphatic carbocycles. The number of amides is 2. The molecular weight excluding hydrogens is 597 g/mol. The van der Waals surface area contributed by atoms with Crippen molar-refractivity contribution >= 4 is 62.3 Å². The van der Waals surface area contributed by atoms with Crippen LogP contribution in [0.1, 0.15) is 57.4 Å². The normalized spacial score (nSPS) is 14.8. The lowest BCUT2D eigenvalue weighted by molar-refractivity contribution is -0.141. The summed E-state index contributed by atoms with van der Waals surface area (Å²) in [4.78, 5) is 28.2. The van der Waals surface area contributed by atoms with Crippen LogP contribution in [0.25, 0.3) is 0 Å². The number of methoxy groups -OCH3 is 1. The van der Waals surface area contributed by atoms with Crippen LogP contribution < -0.4 is 14.4 Å².